The number of urea groups is 1. The Morgan fingerprint density at radius 3 is 2.54 bits per heavy atom. The number of ether oxygens (including phenoxy) is 1. The predicted molar refractivity (Wildman–Crippen MR) is 92.6 cm³/mol. The number of nitrogens with one attached hydrogen (secondary N) is 1. The molecule has 1 aromatic rings. The van der Waals surface area contributed by atoms with Crippen LogP contribution in [0.3, 0.4) is 0 Å². The highest BCUT2D eigenvalue weighted by Crippen LogP contribution is 2.24. The van der Waals surface area contributed by atoms with Gasteiger partial charge in [0.15, 0.2) is 0 Å². The van der Waals surface area contributed by atoms with Gasteiger partial charge in [0.2, 0.25) is 0 Å². The van der Waals surface area contributed by atoms with Crippen LogP contribution in [0.15, 0.2) is 18.2 Å². The summed E-state index contributed by atoms with van der Waals surface area (Å²) in [5.74, 6) is -0.495. The van der Waals surface area contributed by atoms with Crippen LogP contribution >= 0.6 is 11.6 Å². The fourth-order valence-electron chi connectivity index (χ4n) is 3.21. The van der Waals surface area contributed by atoms with Crippen LogP contribution in [0, 0.1) is 0 Å². The van der Waals surface area contributed by atoms with E-state index < -0.39 is 5.97 Å². The summed E-state index contributed by atoms with van der Waals surface area (Å²) in [4.78, 5) is 28.1. The van der Waals surface area contributed by atoms with E-state index in [9.17, 15) is 9.59 Å². The van der Waals surface area contributed by atoms with Gasteiger partial charge in [-0.05, 0) is 44.1 Å². The summed E-state index contributed by atoms with van der Waals surface area (Å²) in [6.45, 7) is 3.81. The van der Waals surface area contributed by atoms with Crippen LogP contribution in [0.1, 0.15) is 29.6 Å². The number of halogens is 1. The number of likely N-dealkylation sites (tertiary alicyclic amines) is 2. The standard InChI is InChI=1S/C17H22ClN3O3/c1-24-16(22)14-6-5-12(9-15(14)18)19-17(23)21-10-13(11-21)20-7-3-2-4-8-20/h5-6,9,13H,2-4,7-8,10-11H2,1H3,(H,19,23). The van der Waals surface area contributed by atoms with E-state index in [-0.39, 0.29) is 16.6 Å². The Labute approximate surface area is 146 Å². The number of rotatable bonds is 3. The molecule has 0 aliphatic carbocycles. The van der Waals surface area contributed by atoms with Crippen molar-refractivity contribution < 1.29 is 14.3 Å². The summed E-state index contributed by atoms with van der Waals surface area (Å²) in [5.41, 5.74) is 0.852. The fourth-order valence-corrected chi connectivity index (χ4v) is 3.46. The highest BCUT2D eigenvalue weighted by atomic mass is 35.5. The molecule has 2 aliphatic rings. The molecule has 2 saturated heterocycles. The lowest BCUT2D eigenvalue weighted by atomic mass is 10.0. The highest BCUT2D eigenvalue weighted by Gasteiger charge is 2.35. The van der Waals surface area contributed by atoms with Crippen molar-refractivity contribution in [2.75, 3.05) is 38.6 Å². The molecule has 0 atom stereocenters. The summed E-state index contributed by atoms with van der Waals surface area (Å²) < 4.78 is 4.65. The zero-order valence-electron chi connectivity index (χ0n) is 13.8. The number of anilines is 1. The summed E-state index contributed by atoms with van der Waals surface area (Å²) >= 11 is 6.07. The van der Waals surface area contributed by atoms with E-state index >= 15 is 0 Å². The zero-order valence-corrected chi connectivity index (χ0v) is 14.5. The quantitative estimate of drug-likeness (QED) is 0.851. The second-order valence-electron chi connectivity index (χ2n) is 6.27. The Bertz CT molecular complexity index is 626. The third kappa shape index (κ3) is 3.65. The molecule has 7 heteroatoms. The van der Waals surface area contributed by atoms with E-state index in [0.29, 0.717) is 11.7 Å². The van der Waals surface area contributed by atoms with E-state index in [4.69, 9.17) is 11.6 Å². The number of carbonyl (C=O) groups is 2. The minimum absolute atomic E-state index is 0.134. The Kier molecular flexibility index (Phi) is 5.26. The number of carbonyl (C=O) groups excluding carboxylic acids is 2. The molecule has 2 aliphatic heterocycles. The fraction of sp³-hybridized carbons (Fsp3) is 0.529. The van der Waals surface area contributed by atoms with Crippen LogP contribution in [0.5, 0.6) is 0 Å². The van der Waals surface area contributed by atoms with Gasteiger partial charge in [0.05, 0.1) is 17.7 Å². The molecule has 0 saturated carbocycles. The molecule has 1 N–H and O–H groups in total. The first-order valence-electron chi connectivity index (χ1n) is 8.26. The van der Waals surface area contributed by atoms with Gasteiger partial charge in [-0.25, -0.2) is 9.59 Å². The lowest BCUT2D eigenvalue weighted by molar-refractivity contribution is 0.0493. The number of hydrogen-bond donors (Lipinski definition) is 1. The summed E-state index contributed by atoms with van der Waals surface area (Å²) in [5, 5.41) is 3.08. The van der Waals surface area contributed by atoms with E-state index in [2.05, 4.69) is 15.0 Å². The van der Waals surface area contributed by atoms with E-state index in [1.54, 1.807) is 23.1 Å². The molecule has 1 aromatic carbocycles. The Hall–Kier alpha value is -1.79. The molecule has 6 nitrogen and oxygen atoms in total. The lowest BCUT2D eigenvalue weighted by Gasteiger charge is -2.46. The van der Waals surface area contributed by atoms with Crippen molar-refractivity contribution in [2.45, 2.75) is 25.3 Å². The molecule has 0 radical (unpaired) electrons. The van der Waals surface area contributed by atoms with Gasteiger partial charge >= 0.3 is 12.0 Å². The van der Waals surface area contributed by atoms with Crippen LogP contribution in [0.2, 0.25) is 5.02 Å². The average molecular weight is 352 g/mol. The molecule has 0 spiro atoms. The minimum atomic E-state index is -0.495. The first kappa shape index (κ1) is 17.0. The van der Waals surface area contributed by atoms with Crippen molar-refractivity contribution in [3.8, 4) is 0 Å². The molecular weight excluding hydrogens is 330 g/mol. The average Bonchev–Trinajstić information content (AvgIpc) is 2.54. The SMILES string of the molecule is COC(=O)c1ccc(NC(=O)N2CC(N3CCCCC3)C2)cc1Cl. The van der Waals surface area contributed by atoms with Gasteiger partial charge in [-0.15, -0.1) is 0 Å². The molecule has 2 heterocycles. The third-order valence-electron chi connectivity index (χ3n) is 4.68. The minimum Gasteiger partial charge on any atom is -0.465 e. The first-order chi connectivity index (χ1) is 11.6. The van der Waals surface area contributed by atoms with Gasteiger partial charge in [-0.1, -0.05) is 18.0 Å². The number of hydrogen-bond acceptors (Lipinski definition) is 4. The van der Waals surface area contributed by atoms with Gasteiger partial charge in [-0.3, -0.25) is 4.90 Å². The maximum Gasteiger partial charge on any atom is 0.339 e. The molecule has 0 unspecified atom stereocenters. The van der Waals surface area contributed by atoms with Crippen LogP contribution in [0.4, 0.5) is 10.5 Å². The Balaban J connectivity index is 1.52. The maximum atomic E-state index is 12.3. The van der Waals surface area contributed by atoms with Crippen molar-refractivity contribution in [1.29, 1.82) is 0 Å². The van der Waals surface area contributed by atoms with Crippen LogP contribution < -0.4 is 5.32 Å². The van der Waals surface area contributed by atoms with Crippen LogP contribution in [-0.4, -0.2) is 61.1 Å². The van der Waals surface area contributed by atoms with Gasteiger partial charge in [0.1, 0.15) is 0 Å². The number of nitrogens with zero attached hydrogens (tertiary/aromatic N) is 2. The second-order valence-corrected chi connectivity index (χ2v) is 6.68. The molecule has 24 heavy (non-hydrogen) atoms. The lowest BCUT2D eigenvalue weighted by Crippen LogP contribution is -2.62. The number of amides is 2. The maximum absolute atomic E-state index is 12.3. The van der Waals surface area contributed by atoms with Crippen molar-refractivity contribution in [3.05, 3.63) is 28.8 Å². The van der Waals surface area contributed by atoms with Crippen molar-refractivity contribution in [3.63, 3.8) is 0 Å². The zero-order chi connectivity index (χ0) is 17.1. The summed E-state index contributed by atoms with van der Waals surface area (Å²) in [7, 11) is 1.30. The van der Waals surface area contributed by atoms with Gasteiger partial charge < -0.3 is 15.0 Å². The number of benzene rings is 1. The van der Waals surface area contributed by atoms with Gasteiger partial charge in [0, 0.05) is 24.8 Å². The largest absolute Gasteiger partial charge is 0.465 e. The second kappa shape index (κ2) is 7.40. The number of methoxy groups -OCH3 is 1. The van der Waals surface area contributed by atoms with E-state index in [1.165, 1.54) is 26.4 Å². The smallest absolute Gasteiger partial charge is 0.339 e. The monoisotopic (exact) mass is 351 g/mol. The highest BCUT2D eigenvalue weighted by molar-refractivity contribution is 6.33. The molecule has 0 bridgehead atoms. The first-order valence-corrected chi connectivity index (χ1v) is 8.64. The topological polar surface area (TPSA) is 61.9 Å². The summed E-state index contributed by atoms with van der Waals surface area (Å²) in [6.07, 6.45) is 3.83. The van der Waals surface area contributed by atoms with Crippen molar-refractivity contribution in [1.82, 2.24) is 9.80 Å². The molecule has 0 aromatic heterocycles. The van der Waals surface area contributed by atoms with Crippen molar-refractivity contribution >= 4 is 29.3 Å². The molecular formula is C17H22ClN3O3. The third-order valence-corrected chi connectivity index (χ3v) is 4.99. The molecule has 2 amide bonds. The number of piperidine rings is 1. The van der Waals surface area contributed by atoms with Crippen molar-refractivity contribution in [2.24, 2.45) is 0 Å². The number of esters is 1. The van der Waals surface area contributed by atoms with E-state index in [0.717, 1.165) is 26.2 Å². The van der Waals surface area contributed by atoms with Crippen LogP contribution in [0.25, 0.3) is 0 Å². The normalized spacial score (nSPS) is 18.8. The van der Waals surface area contributed by atoms with Gasteiger partial charge in [-0.2, -0.15) is 0 Å². The predicted octanol–water partition coefficient (Wildman–Crippen LogP) is 2.83. The van der Waals surface area contributed by atoms with E-state index in [1.807, 2.05) is 0 Å². The Morgan fingerprint density at radius 2 is 1.92 bits per heavy atom. The van der Waals surface area contributed by atoms with Gasteiger partial charge in [0.25, 0.3) is 0 Å². The molecule has 3 rings (SSSR count). The molecule has 2 fully saturated rings. The van der Waals surface area contributed by atoms with Crippen LogP contribution in [-0.2, 0) is 4.74 Å². The molecule has 130 valence electrons. The Morgan fingerprint density at radius 1 is 1.21 bits per heavy atom. The summed E-state index contributed by atoms with van der Waals surface area (Å²) in [6, 6.07) is 5.12.